The highest BCUT2D eigenvalue weighted by Crippen LogP contribution is 2.30. The average Bonchev–Trinajstić information content (AvgIpc) is 3.07. The summed E-state index contributed by atoms with van der Waals surface area (Å²) < 4.78 is 0.794. The Bertz CT molecular complexity index is 771. The van der Waals surface area contributed by atoms with Gasteiger partial charge in [-0.2, -0.15) is 0 Å². The Hall–Kier alpha value is -1.23. The van der Waals surface area contributed by atoms with Crippen LogP contribution in [0.15, 0.2) is 30.3 Å². The molecular weight excluding hydrogens is 399 g/mol. The maximum atomic E-state index is 12.3. The monoisotopic (exact) mass is 424 g/mol. The first-order chi connectivity index (χ1) is 13.0. The highest BCUT2D eigenvalue weighted by molar-refractivity contribution is 7.16. The summed E-state index contributed by atoms with van der Waals surface area (Å²) in [4.78, 5) is 15.6. The Balaban J connectivity index is 1.53. The number of nitrogens with zero attached hydrogens (tertiary/aromatic N) is 1. The second-order valence-electron chi connectivity index (χ2n) is 7.32. The predicted octanol–water partition coefficient (Wildman–Crippen LogP) is 6.99. The van der Waals surface area contributed by atoms with Crippen molar-refractivity contribution in [2.75, 3.05) is 17.3 Å². The van der Waals surface area contributed by atoms with E-state index in [4.69, 9.17) is 23.2 Å². The van der Waals surface area contributed by atoms with E-state index in [1.54, 1.807) is 11.3 Å². The summed E-state index contributed by atoms with van der Waals surface area (Å²) in [5, 5.41) is 3.53. The highest BCUT2D eigenvalue weighted by atomic mass is 35.5. The Labute approximate surface area is 175 Å². The molecule has 0 radical (unpaired) electrons. The summed E-state index contributed by atoms with van der Waals surface area (Å²) in [6.07, 6.45) is 8.05. The Morgan fingerprint density at radius 1 is 1.19 bits per heavy atom. The van der Waals surface area contributed by atoms with Crippen LogP contribution < -0.4 is 10.2 Å². The van der Waals surface area contributed by atoms with Crippen molar-refractivity contribution in [2.24, 2.45) is 5.92 Å². The third kappa shape index (κ3) is 6.13. The molecule has 3 rings (SSSR count). The average molecular weight is 425 g/mol. The topological polar surface area (TPSA) is 32.3 Å². The molecule has 146 valence electrons. The van der Waals surface area contributed by atoms with Crippen LogP contribution in [-0.2, 0) is 11.3 Å². The first kappa shape index (κ1) is 20.5. The third-order valence-corrected chi connectivity index (χ3v) is 6.72. The van der Waals surface area contributed by atoms with Crippen molar-refractivity contribution < 1.29 is 4.79 Å². The van der Waals surface area contributed by atoms with Gasteiger partial charge in [0, 0.05) is 24.0 Å². The van der Waals surface area contributed by atoms with Gasteiger partial charge in [-0.3, -0.25) is 4.79 Å². The van der Waals surface area contributed by atoms with Crippen LogP contribution in [0.2, 0.25) is 9.36 Å². The molecule has 1 aromatic carbocycles. The normalized spacial score (nSPS) is 14.9. The number of hydrogen-bond donors (Lipinski definition) is 1. The molecule has 1 amide bonds. The fourth-order valence-corrected chi connectivity index (χ4v) is 4.99. The van der Waals surface area contributed by atoms with Gasteiger partial charge in [0.2, 0.25) is 5.91 Å². The molecule has 1 aliphatic rings. The number of halogens is 2. The van der Waals surface area contributed by atoms with Gasteiger partial charge in [-0.05, 0) is 42.7 Å². The van der Waals surface area contributed by atoms with E-state index >= 15 is 0 Å². The van der Waals surface area contributed by atoms with Crippen molar-refractivity contribution in [3.05, 3.63) is 44.6 Å². The molecule has 27 heavy (non-hydrogen) atoms. The molecule has 6 heteroatoms. The molecule has 0 unspecified atom stereocenters. The van der Waals surface area contributed by atoms with Crippen molar-refractivity contribution in [3.8, 4) is 0 Å². The number of rotatable bonds is 7. The number of nitrogens with one attached hydrogen (secondary N) is 1. The number of carbonyl (C=O) groups excluding carboxylic acids is 1. The number of benzene rings is 1. The van der Waals surface area contributed by atoms with Crippen LogP contribution >= 0.6 is 34.5 Å². The van der Waals surface area contributed by atoms with Crippen LogP contribution in [0, 0.1) is 5.92 Å². The SMILES string of the molecule is CN(Cc1ccc(Cl)s1)c1ccc(NC(=O)CCC2CCCCC2)c(Cl)c1. The zero-order valence-electron chi connectivity index (χ0n) is 15.6. The van der Waals surface area contributed by atoms with Crippen LogP contribution in [-0.4, -0.2) is 13.0 Å². The quantitative estimate of drug-likeness (QED) is 0.518. The van der Waals surface area contributed by atoms with Crippen LogP contribution in [0.5, 0.6) is 0 Å². The third-order valence-electron chi connectivity index (χ3n) is 5.19. The second kappa shape index (κ2) is 9.81. The molecule has 0 aliphatic heterocycles. The van der Waals surface area contributed by atoms with Crippen LogP contribution in [0.25, 0.3) is 0 Å². The zero-order valence-corrected chi connectivity index (χ0v) is 18.0. The van der Waals surface area contributed by atoms with E-state index in [9.17, 15) is 4.79 Å². The van der Waals surface area contributed by atoms with E-state index in [-0.39, 0.29) is 5.91 Å². The maximum absolute atomic E-state index is 12.3. The molecule has 1 aliphatic carbocycles. The molecule has 3 nitrogen and oxygen atoms in total. The molecule has 0 saturated heterocycles. The largest absolute Gasteiger partial charge is 0.369 e. The van der Waals surface area contributed by atoms with Gasteiger partial charge in [-0.25, -0.2) is 0 Å². The number of amides is 1. The van der Waals surface area contributed by atoms with E-state index in [1.165, 1.54) is 37.0 Å². The van der Waals surface area contributed by atoms with Gasteiger partial charge in [0.25, 0.3) is 0 Å². The summed E-state index contributed by atoms with van der Waals surface area (Å²) in [7, 11) is 2.02. The molecule has 1 saturated carbocycles. The molecule has 2 aromatic rings. The van der Waals surface area contributed by atoms with Gasteiger partial charge in [0.05, 0.1) is 21.6 Å². The fraction of sp³-hybridized carbons (Fsp3) is 0.476. The molecular formula is C21H26Cl2N2OS. The Morgan fingerprint density at radius 2 is 1.96 bits per heavy atom. The van der Waals surface area contributed by atoms with E-state index in [0.717, 1.165) is 23.0 Å². The van der Waals surface area contributed by atoms with Gasteiger partial charge in [0.1, 0.15) is 0 Å². The lowest BCUT2D eigenvalue weighted by molar-refractivity contribution is -0.116. The number of thiophene rings is 1. The Morgan fingerprint density at radius 3 is 2.63 bits per heavy atom. The smallest absolute Gasteiger partial charge is 0.224 e. The first-order valence-corrected chi connectivity index (χ1v) is 11.1. The summed E-state index contributed by atoms with van der Waals surface area (Å²) in [5.74, 6) is 0.763. The summed E-state index contributed by atoms with van der Waals surface area (Å²) >= 11 is 14.0. The predicted molar refractivity (Wildman–Crippen MR) is 117 cm³/mol. The number of carbonyl (C=O) groups is 1. The summed E-state index contributed by atoms with van der Waals surface area (Å²) in [6, 6.07) is 9.71. The van der Waals surface area contributed by atoms with E-state index in [0.29, 0.717) is 23.0 Å². The van der Waals surface area contributed by atoms with Gasteiger partial charge in [-0.15, -0.1) is 11.3 Å². The molecule has 0 spiro atoms. The molecule has 0 atom stereocenters. The van der Waals surface area contributed by atoms with Gasteiger partial charge in [0.15, 0.2) is 0 Å². The molecule has 1 heterocycles. The van der Waals surface area contributed by atoms with Crippen molar-refractivity contribution in [1.82, 2.24) is 0 Å². The van der Waals surface area contributed by atoms with E-state index in [2.05, 4.69) is 10.2 Å². The summed E-state index contributed by atoms with van der Waals surface area (Å²) in [5.41, 5.74) is 1.69. The zero-order chi connectivity index (χ0) is 19.2. The lowest BCUT2D eigenvalue weighted by Gasteiger charge is -2.21. The van der Waals surface area contributed by atoms with E-state index in [1.807, 2.05) is 37.4 Å². The fourth-order valence-electron chi connectivity index (χ4n) is 3.63. The molecule has 1 aromatic heterocycles. The Kier molecular flexibility index (Phi) is 7.45. The molecule has 0 bridgehead atoms. The molecule has 1 fully saturated rings. The number of hydrogen-bond acceptors (Lipinski definition) is 3. The van der Waals surface area contributed by atoms with Gasteiger partial charge in [-0.1, -0.05) is 55.3 Å². The van der Waals surface area contributed by atoms with Crippen LogP contribution in [0.4, 0.5) is 11.4 Å². The van der Waals surface area contributed by atoms with Gasteiger partial charge >= 0.3 is 0 Å². The summed E-state index contributed by atoms with van der Waals surface area (Å²) in [6.45, 7) is 0.765. The van der Waals surface area contributed by atoms with Crippen molar-refractivity contribution >= 4 is 51.8 Å². The minimum Gasteiger partial charge on any atom is -0.369 e. The maximum Gasteiger partial charge on any atom is 0.224 e. The lowest BCUT2D eigenvalue weighted by atomic mass is 9.86. The van der Waals surface area contributed by atoms with Crippen molar-refractivity contribution in [1.29, 1.82) is 0 Å². The van der Waals surface area contributed by atoms with Crippen LogP contribution in [0.1, 0.15) is 49.8 Å². The number of anilines is 2. The highest BCUT2D eigenvalue weighted by Gasteiger charge is 2.15. The minimum atomic E-state index is 0.0526. The minimum absolute atomic E-state index is 0.0526. The first-order valence-electron chi connectivity index (χ1n) is 9.56. The van der Waals surface area contributed by atoms with Crippen LogP contribution in [0.3, 0.4) is 0 Å². The standard InChI is InChI=1S/C21H26Cl2N2OS/c1-25(14-17-9-11-20(23)27-17)16-8-10-19(18(22)13-16)24-21(26)12-7-15-5-3-2-4-6-15/h8-11,13,15H,2-7,12,14H2,1H3,(H,24,26). The van der Waals surface area contributed by atoms with Crippen molar-refractivity contribution in [2.45, 2.75) is 51.5 Å². The van der Waals surface area contributed by atoms with Crippen molar-refractivity contribution in [3.63, 3.8) is 0 Å². The second-order valence-corrected chi connectivity index (χ2v) is 9.52. The molecule has 1 N–H and O–H groups in total. The lowest BCUT2D eigenvalue weighted by Crippen LogP contribution is -2.17. The van der Waals surface area contributed by atoms with Gasteiger partial charge < -0.3 is 10.2 Å². The van der Waals surface area contributed by atoms with E-state index < -0.39 is 0 Å².